The molecule has 2 heterocycles. The van der Waals surface area contributed by atoms with E-state index in [-0.39, 0.29) is 11.4 Å². The Balaban J connectivity index is 2.32. The number of para-hydroxylation sites is 1. The van der Waals surface area contributed by atoms with Crippen LogP contribution in [0, 0.1) is 5.82 Å². The molecule has 1 aliphatic heterocycles. The van der Waals surface area contributed by atoms with Crippen molar-refractivity contribution in [2.45, 2.75) is 32.4 Å². The van der Waals surface area contributed by atoms with Gasteiger partial charge in [-0.25, -0.2) is 4.39 Å². The summed E-state index contributed by atoms with van der Waals surface area (Å²) in [5, 5.41) is 4.55. The molecule has 0 saturated heterocycles. The van der Waals surface area contributed by atoms with E-state index in [2.05, 4.69) is 19.2 Å². The Morgan fingerprint density at radius 3 is 2.88 bits per heavy atom. The lowest BCUT2D eigenvalue weighted by atomic mass is 9.91. The van der Waals surface area contributed by atoms with Crippen LogP contribution in [-0.2, 0) is 20.0 Å². The molecule has 1 aromatic carbocycles. The summed E-state index contributed by atoms with van der Waals surface area (Å²) < 4.78 is 15.9. The first kappa shape index (κ1) is 10.8. The van der Waals surface area contributed by atoms with Crippen LogP contribution in [0.4, 0.5) is 4.39 Å². The van der Waals surface area contributed by atoms with Crippen LogP contribution in [0.3, 0.4) is 0 Å². The number of hydrogen-bond acceptors (Lipinski definition) is 1. The molecular weight excluding hydrogens is 215 g/mol. The fraction of sp³-hybridized carbons (Fsp3) is 0.429. The van der Waals surface area contributed by atoms with Crippen LogP contribution < -0.4 is 5.32 Å². The van der Waals surface area contributed by atoms with E-state index >= 15 is 0 Å². The molecule has 1 N–H and O–H groups in total. The number of hydrogen-bond donors (Lipinski definition) is 1. The molecule has 3 rings (SSSR count). The summed E-state index contributed by atoms with van der Waals surface area (Å²) in [6.45, 7) is 5.19. The Morgan fingerprint density at radius 2 is 2.12 bits per heavy atom. The Bertz CT molecular complexity index is 596. The lowest BCUT2D eigenvalue weighted by Gasteiger charge is -2.32. The quantitative estimate of drug-likeness (QED) is 0.739. The third kappa shape index (κ3) is 1.49. The molecule has 0 bridgehead atoms. The van der Waals surface area contributed by atoms with Gasteiger partial charge in [0.1, 0.15) is 5.82 Å². The predicted octanol–water partition coefficient (Wildman–Crippen LogP) is 2.74. The molecule has 17 heavy (non-hydrogen) atoms. The molecule has 1 aromatic heterocycles. The van der Waals surface area contributed by atoms with Gasteiger partial charge in [0.15, 0.2) is 0 Å². The monoisotopic (exact) mass is 232 g/mol. The average molecular weight is 232 g/mol. The van der Waals surface area contributed by atoms with Crippen molar-refractivity contribution in [2.75, 3.05) is 0 Å². The molecule has 0 fully saturated rings. The largest absolute Gasteiger partial charge is 0.345 e. The molecule has 0 aliphatic carbocycles. The summed E-state index contributed by atoms with van der Waals surface area (Å²) in [5.74, 6) is -0.128. The number of nitrogens with one attached hydrogen (secondary N) is 1. The molecule has 3 heteroatoms. The maximum Gasteiger partial charge on any atom is 0.147 e. The van der Waals surface area contributed by atoms with Gasteiger partial charge >= 0.3 is 0 Å². The number of fused-ring (bicyclic) bond motifs is 3. The summed E-state index contributed by atoms with van der Waals surface area (Å²) in [7, 11) is 1.96. The molecule has 0 spiro atoms. The van der Waals surface area contributed by atoms with Gasteiger partial charge < -0.3 is 9.88 Å². The third-order valence-corrected chi connectivity index (χ3v) is 3.75. The van der Waals surface area contributed by atoms with Crippen LogP contribution in [0.15, 0.2) is 18.2 Å². The fourth-order valence-electron chi connectivity index (χ4n) is 2.82. The van der Waals surface area contributed by atoms with Crippen molar-refractivity contribution in [3.63, 3.8) is 0 Å². The number of rotatable bonds is 0. The molecule has 0 amide bonds. The maximum atomic E-state index is 13.9. The lowest BCUT2D eigenvalue weighted by Crippen LogP contribution is -2.44. The number of aryl methyl sites for hydroxylation is 1. The molecule has 0 atom stereocenters. The zero-order chi connectivity index (χ0) is 12.2. The van der Waals surface area contributed by atoms with Crippen molar-refractivity contribution < 1.29 is 4.39 Å². The van der Waals surface area contributed by atoms with Gasteiger partial charge in [-0.1, -0.05) is 12.1 Å². The van der Waals surface area contributed by atoms with E-state index in [4.69, 9.17) is 0 Å². The van der Waals surface area contributed by atoms with E-state index in [1.807, 2.05) is 17.7 Å². The van der Waals surface area contributed by atoms with Crippen LogP contribution in [-0.4, -0.2) is 10.1 Å². The summed E-state index contributed by atoms with van der Waals surface area (Å²) in [6.07, 6.45) is 0.937. The van der Waals surface area contributed by atoms with Crippen LogP contribution in [0.5, 0.6) is 0 Å². The van der Waals surface area contributed by atoms with Gasteiger partial charge in [0.25, 0.3) is 0 Å². The van der Waals surface area contributed by atoms with Crippen LogP contribution >= 0.6 is 0 Å². The van der Waals surface area contributed by atoms with Gasteiger partial charge in [-0.05, 0) is 25.5 Å². The zero-order valence-corrected chi connectivity index (χ0v) is 10.5. The molecule has 1 aliphatic rings. The normalized spacial score (nSPS) is 18.4. The topological polar surface area (TPSA) is 17.0 Å². The SMILES string of the molecule is Cn1c2c(c3cccc(F)c31)CNC(C)(C)C2. The Hall–Kier alpha value is -1.35. The van der Waals surface area contributed by atoms with Gasteiger partial charge in [0.05, 0.1) is 5.52 Å². The first-order valence-electron chi connectivity index (χ1n) is 5.99. The second kappa shape index (κ2) is 3.33. The van der Waals surface area contributed by atoms with Crippen molar-refractivity contribution in [3.8, 4) is 0 Å². The number of halogens is 1. The first-order valence-corrected chi connectivity index (χ1v) is 5.99. The van der Waals surface area contributed by atoms with Crippen molar-refractivity contribution in [3.05, 3.63) is 35.3 Å². The summed E-state index contributed by atoms with van der Waals surface area (Å²) in [6, 6.07) is 5.33. The fourth-order valence-corrected chi connectivity index (χ4v) is 2.82. The van der Waals surface area contributed by atoms with Gasteiger partial charge in [0.2, 0.25) is 0 Å². The van der Waals surface area contributed by atoms with E-state index < -0.39 is 0 Å². The highest BCUT2D eigenvalue weighted by Gasteiger charge is 2.29. The maximum absolute atomic E-state index is 13.9. The highest BCUT2D eigenvalue weighted by atomic mass is 19.1. The molecule has 0 unspecified atom stereocenters. The minimum Gasteiger partial charge on any atom is -0.345 e. The third-order valence-electron chi connectivity index (χ3n) is 3.75. The van der Waals surface area contributed by atoms with E-state index in [0.29, 0.717) is 0 Å². The molecule has 90 valence electrons. The van der Waals surface area contributed by atoms with Crippen molar-refractivity contribution in [2.24, 2.45) is 7.05 Å². The van der Waals surface area contributed by atoms with Gasteiger partial charge in [0, 0.05) is 36.6 Å². The highest BCUT2D eigenvalue weighted by molar-refractivity contribution is 5.86. The van der Waals surface area contributed by atoms with Crippen molar-refractivity contribution in [1.82, 2.24) is 9.88 Å². The molecular formula is C14H17FN2. The van der Waals surface area contributed by atoms with Crippen LogP contribution in [0.25, 0.3) is 10.9 Å². The second-order valence-electron chi connectivity index (χ2n) is 5.53. The minimum atomic E-state index is -0.128. The van der Waals surface area contributed by atoms with Crippen molar-refractivity contribution in [1.29, 1.82) is 0 Å². The Kier molecular flexibility index (Phi) is 2.11. The molecule has 2 nitrogen and oxygen atoms in total. The second-order valence-corrected chi connectivity index (χ2v) is 5.53. The van der Waals surface area contributed by atoms with Crippen LogP contribution in [0.2, 0.25) is 0 Å². The number of aromatic nitrogens is 1. The summed E-state index contributed by atoms with van der Waals surface area (Å²) >= 11 is 0. The Morgan fingerprint density at radius 1 is 1.35 bits per heavy atom. The van der Waals surface area contributed by atoms with Crippen LogP contribution in [0.1, 0.15) is 25.1 Å². The molecule has 0 saturated carbocycles. The van der Waals surface area contributed by atoms with E-state index in [1.54, 1.807) is 6.07 Å². The number of benzene rings is 1. The average Bonchev–Trinajstić information content (AvgIpc) is 2.52. The van der Waals surface area contributed by atoms with E-state index in [9.17, 15) is 4.39 Å². The van der Waals surface area contributed by atoms with E-state index in [0.717, 1.165) is 23.9 Å². The lowest BCUT2D eigenvalue weighted by molar-refractivity contribution is 0.356. The highest BCUT2D eigenvalue weighted by Crippen LogP contribution is 2.32. The van der Waals surface area contributed by atoms with E-state index in [1.165, 1.54) is 17.3 Å². The molecule has 2 aromatic rings. The van der Waals surface area contributed by atoms with Crippen molar-refractivity contribution >= 4 is 10.9 Å². The number of nitrogens with zero attached hydrogens (tertiary/aromatic N) is 1. The summed E-state index contributed by atoms with van der Waals surface area (Å²) in [5.41, 5.74) is 3.33. The zero-order valence-electron chi connectivity index (χ0n) is 10.5. The summed E-state index contributed by atoms with van der Waals surface area (Å²) in [4.78, 5) is 0. The first-order chi connectivity index (χ1) is 7.99. The van der Waals surface area contributed by atoms with Gasteiger partial charge in [-0.3, -0.25) is 0 Å². The smallest absolute Gasteiger partial charge is 0.147 e. The minimum absolute atomic E-state index is 0.0889. The van der Waals surface area contributed by atoms with Gasteiger partial charge in [-0.2, -0.15) is 0 Å². The van der Waals surface area contributed by atoms with Gasteiger partial charge in [-0.15, -0.1) is 0 Å². The predicted molar refractivity (Wildman–Crippen MR) is 67.5 cm³/mol. The Labute approximate surface area is 100 Å². The standard InChI is InChI=1S/C14H17FN2/c1-14(2)7-12-10(8-16-14)9-5-4-6-11(15)13(9)17(12)3/h4-6,16H,7-8H2,1-3H3. The molecule has 0 radical (unpaired) electrons.